The van der Waals surface area contributed by atoms with Gasteiger partial charge in [0, 0.05) is 34.5 Å². The van der Waals surface area contributed by atoms with E-state index in [4.69, 9.17) is 4.42 Å². The van der Waals surface area contributed by atoms with Crippen LogP contribution in [0.15, 0.2) is 70.1 Å². The lowest BCUT2D eigenvalue weighted by Crippen LogP contribution is -2.25. The van der Waals surface area contributed by atoms with Gasteiger partial charge in [0.1, 0.15) is 0 Å². The molecule has 3 N–H and O–H groups in total. The normalized spacial score (nSPS) is 12.0. The fraction of sp³-hybridized carbons (Fsp3) is 0.154. The lowest BCUT2D eigenvalue weighted by Gasteiger charge is -2.06. The van der Waals surface area contributed by atoms with E-state index in [1.165, 1.54) is 12.3 Å². The van der Waals surface area contributed by atoms with Crippen LogP contribution in [0.5, 0.6) is 5.75 Å². The van der Waals surface area contributed by atoms with Crippen molar-refractivity contribution in [2.75, 3.05) is 5.32 Å². The molecule has 1 heterocycles. The number of rotatable bonds is 5. The number of hydrogen-bond acceptors (Lipinski definition) is 5. The molecule has 1 aliphatic carbocycles. The van der Waals surface area contributed by atoms with Gasteiger partial charge >= 0.3 is 0 Å². The van der Waals surface area contributed by atoms with Gasteiger partial charge in [0.05, 0.1) is 12.8 Å². The number of carbonyl (C=O) groups excluding carboxylic acids is 1. The Morgan fingerprint density at radius 2 is 1.59 bits per heavy atom. The van der Waals surface area contributed by atoms with Crippen LogP contribution in [0.3, 0.4) is 0 Å². The number of benzene rings is 2. The fourth-order valence-corrected chi connectivity index (χ4v) is 2.84. The maximum absolute atomic E-state index is 12.0. The van der Waals surface area contributed by atoms with E-state index in [0.29, 0.717) is 11.6 Å². The smallest absolute Gasteiger partial charge is 0.251 e. The van der Waals surface area contributed by atoms with Gasteiger partial charge in [0.25, 0.3) is 5.91 Å². The molecule has 2 aromatic carbocycles. The van der Waals surface area contributed by atoms with E-state index >= 15 is 0 Å². The Bertz CT molecular complexity index is 1300. The van der Waals surface area contributed by atoms with E-state index in [9.17, 15) is 14.7 Å². The average molecular weight is 424 g/mol. The third kappa shape index (κ3) is 5.59. The maximum Gasteiger partial charge on any atom is 0.251 e. The molecule has 32 heavy (non-hydrogen) atoms. The summed E-state index contributed by atoms with van der Waals surface area (Å²) in [5.74, 6) is 11.3. The Hall–Kier alpha value is -4.42. The number of nitrogens with one attached hydrogen (secondary N) is 2. The highest BCUT2D eigenvalue weighted by Gasteiger charge is 2.23. The predicted molar refractivity (Wildman–Crippen MR) is 121 cm³/mol. The van der Waals surface area contributed by atoms with Crippen molar-refractivity contribution in [2.45, 2.75) is 25.4 Å². The molecular weight excluding hydrogens is 404 g/mol. The van der Waals surface area contributed by atoms with Gasteiger partial charge in [0.2, 0.25) is 11.2 Å². The van der Waals surface area contributed by atoms with Gasteiger partial charge in [-0.1, -0.05) is 11.8 Å². The largest absolute Gasteiger partial charge is 0.502 e. The van der Waals surface area contributed by atoms with Crippen molar-refractivity contribution in [3.05, 3.63) is 93.5 Å². The molecule has 0 spiro atoms. The number of carbonyl (C=O) groups is 1. The minimum absolute atomic E-state index is 0.0464. The van der Waals surface area contributed by atoms with Crippen LogP contribution < -0.4 is 16.1 Å². The minimum atomic E-state index is -0.477. The molecule has 6 nitrogen and oxygen atoms in total. The van der Waals surface area contributed by atoms with E-state index in [2.05, 4.69) is 34.3 Å². The van der Waals surface area contributed by atoms with Crippen LogP contribution in [0.2, 0.25) is 0 Å². The van der Waals surface area contributed by atoms with Gasteiger partial charge in [-0.25, -0.2) is 0 Å². The Morgan fingerprint density at radius 3 is 2.22 bits per heavy atom. The van der Waals surface area contributed by atoms with Crippen LogP contribution in [0.25, 0.3) is 0 Å². The summed E-state index contributed by atoms with van der Waals surface area (Å²) < 4.78 is 5.15. The predicted octanol–water partition coefficient (Wildman–Crippen LogP) is 3.25. The van der Waals surface area contributed by atoms with Crippen LogP contribution in [0.4, 0.5) is 5.69 Å². The van der Waals surface area contributed by atoms with Crippen molar-refractivity contribution in [2.24, 2.45) is 0 Å². The third-order valence-corrected chi connectivity index (χ3v) is 4.80. The van der Waals surface area contributed by atoms with Crippen LogP contribution in [0.1, 0.15) is 40.1 Å². The molecule has 0 radical (unpaired) electrons. The number of aromatic hydroxyl groups is 1. The minimum Gasteiger partial charge on any atom is -0.502 e. The van der Waals surface area contributed by atoms with E-state index in [0.717, 1.165) is 29.7 Å². The topological polar surface area (TPSA) is 91.6 Å². The molecule has 0 aliphatic heterocycles. The zero-order valence-electron chi connectivity index (χ0n) is 17.1. The van der Waals surface area contributed by atoms with Crippen molar-refractivity contribution in [3.63, 3.8) is 0 Å². The first-order chi connectivity index (χ1) is 15.6. The first kappa shape index (κ1) is 20.8. The highest BCUT2D eigenvalue weighted by Crippen LogP contribution is 2.19. The molecule has 158 valence electrons. The van der Waals surface area contributed by atoms with Gasteiger partial charge < -0.3 is 20.2 Å². The van der Waals surface area contributed by atoms with Gasteiger partial charge in [-0.2, -0.15) is 0 Å². The Kier molecular flexibility index (Phi) is 6.25. The van der Waals surface area contributed by atoms with Crippen LogP contribution in [-0.4, -0.2) is 17.1 Å². The lowest BCUT2D eigenvalue weighted by atomic mass is 10.1. The molecule has 0 atom stereocenters. The van der Waals surface area contributed by atoms with Crippen LogP contribution in [0, 0.1) is 23.7 Å². The lowest BCUT2D eigenvalue weighted by molar-refractivity contribution is 0.0951. The molecule has 4 rings (SSSR count). The summed E-state index contributed by atoms with van der Waals surface area (Å²) >= 11 is 0. The summed E-state index contributed by atoms with van der Waals surface area (Å²) in [5.41, 5.74) is 2.53. The summed E-state index contributed by atoms with van der Waals surface area (Å²) in [6.07, 6.45) is 3.37. The molecule has 0 saturated heterocycles. The number of anilines is 1. The van der Waals surface area contributed by atoms with Crippen molar-refractivity contribution in [1.29, 1.82) is 0 Å². The summed E-state index contributed by atoms with van der Waals surface area (Å²) in [6.45, 7) is 0.180. The quantitative estimate of drug-likeness (QED) is 0.547. The number of amides is 1. The van der Waals surface area contributed by atoms with Crippen molar-refractivity contribution >= 4 is 11.6 Å². The molecule has 1 aromatic heterocycles. The second kappa shape index (κ2) is 9.59. The molecule has 3 aromatic rings. The molecule has 1 saturated carbocycles. The van der Waals surface area contributed by atoms with E-state index in [-0.39, 0.29) is 18.2 Å². The molecule has 1 amide bonds. The number of hydrogen-bond donors (Lipinski definition) is 3. The average Bonchev–Trinajstić information content (AvgIpc) is 3.63. The van der Waals surface area contributed by atoms with E-state index in [1.807, 2.05) is 36.4 Å². The molecule has 0 unspecified atom stereocenters. The Morgan fingerprint density at radius 1 is 0.969 bits per heavy atom. The first-order valence-electron chi connectivity index (χ1n) is 10.1. The van der Waals surface area contributed by atoms with Crippen LogP contribution >= 0.6 is 0 Å². The van der Waals surface area contributed by atoms with Crippen molar-refractivity contribution in [1.82, 2.24) is 5.32 Å². The monoisotopic (exact) mass is 424 g/mol. The molecule has 1 aliphatic rings. The zero-order valence-corrected chi connectivity index (χ0v) is 17.1. The Balaban J connectivity index is 1.31. The van der Waals surface area contributed by atoms with E-state index < -0.39 is 11.2 Å². The summed E-state index contributed by atoms with van der Waals surface area (Å²) in [5, 5.41) is 15.7. The van der Waals surface area contributed by atoms with Crippen molar-refractivity contribution < 1.29 is 14.3 Å². The summed E-state index contributed by atoms with van der Waals surface area (Å²) in [4.78, 5) is 23.4. The highest BCUT2D eigenvalue weighted by atomic mass is 16.4. The highest BCUT2D eigenvalue weighted by molar-refractivity contribution is 5.94. The third-order valence-electron chi connectivity index (χ3n) is 4.80. The molecule has 1 fully saturated rings. The molecule has 6 heteroatoms. The van der Waals surface area contributed by atoms with Gasteiger partial charge in [0.15, 0.2) is 5.76 Å². The second-order valence-electron chi connectivity index (χ2n) is 7.31. The van der Waals surface area contributed by atoms with Gasteiger partial charge in [-0.3, -0.25) is 9.59 Å². The van der Waals surface area contributed by atoms with E-state index in [1.54, 1.807) is 12.1 Å². The standard InChI is InChI=1S/C26H20N2O4/c29-23-15-16-32-24(25(23)30)17-27-21-11-7-19(8-12-21)4-2-1-3-18-5-9-20(10-6-18)26(31)28-22-13-14-22/h5-12,15-16,22,27,30H,13-14,17H2,(H,28,31). The second-order valence-corrected chi connectivity index (χ2v) is 7.31. The fourth-order valence-electron chi connectivity index (χ4n) is 2.84. The van der Waals surface area contributed by atoms with Crippen LogP contribution in [-0.2, 0) is 6.54 Å². The maximum atomic E-state index is 12.0. The molecule has 0 bridgehead atoms. The van der Waals surface area contributed by atoms with Crippen molar-refractivity contribution in [3.8, 4) is 29.4 Å². The zero-order chi connectivity index (χ0) is 22.3. The summed E-state index contributed by atoms with van der Waals surface area (Å²) in [6, 6.07) is 16.0. The summed E-state index contributed by atoms with van der Waals surface area (Å²) in [7, 11) is 0. The Labute approximate surface area is 185 Å². The molecular formula is C26H20N2O4. The first-order valence-corrected chi connectivity index (χ1v) is 10.1. The van der Waals surface area contributed by atoms with Gasteiger partial charge in [-0.15, -0.1) is 0 Å². The van der Waals surface area contributed by atoms with Gasteiger partial charge in [-0.05, 0) is 73.2 Å². The SMILES string of the molecule is O=C(NC1CC1)c1ccc(C#CC#Cc2ccc(NCc3occc(=O)c3O)cc2)cc1.